The minimum Gasteiger partial charge on any atom is -0.311 e. The molecule has 0 unspecified atom stereocenters. The zero-order valence-electron chi connectivity index (χ0n) is 19.0. The van der Waals surface area contributed by atoms with Gasteiger partial charge < -0.3 is 4.90 Å². The van der Waals surface area contributed by atoms with Crippen molar-refractivity contribution in [3.8, 4) is 6.07 Å². The number of benzene rings is 5. The van der Waals surface area contributed by atoms with Crippen molar-refractivity contribution in [3.63, 3.8) is 0 Å². The Morgan fingerprint density at radius 3 is 1.83 bits per heavy atom. The van der Waals surface area contributed by atoms with Gasteiger partial charge in [-0.2, -0.15) is 5.26 Å². The van der Waals surface area contributed by atoms with E-state index in [0.717, 1.165) is 39.0 Å². The van der Waals surface area contributed by atoms with E-state index >= 15 is 0 Å². The van der Waals surface area contributed by atoms with Gasteiger partial charge in [0.25, 0.3) is 0 Å². The van der Waals surface area contributed by atoms with E-state index in [1.807, 2.05) is 72.8 Å². The molecule has 0 aliphatic carbocycles. The van der Waals surface area contributed by atoms with E-state index in [1.165, 1.54) is 0 Å². The molecule has 0 N–H and O–H groups in total. The summed E-state index contributed by atoms with van der Waals surface area (Å²) in [5.41, 5.74) is 6.33. The fraction of sp³-hybridized carbons (Fsp3) is 0. The van der Waals surface area contributed by atoms with E-state index < -0.39 is 0 Å². The molecule has 0 aliphatic heterocycles. The van der Waals surface area contributed by atoms with Crippen LogP contribution in [0.5, 0.6) is 0 Å². The molecule has 5 aromatic rings. The van der Waals surface area contributed by atoms with Gasteiger partial charge in [0.05, 0.1) is 18.2 Å². The third-order valence-electron chi connectivity index (χ3n) is 5.88. The lowest BCUT2D eigenvalue weighted by atomic mass is 9.99. The molecule has 0 heterocycles. The van der Waals surface area contributed by atoms with Gasteiger partial charge >= 0.3 is 0 Å². The van der Waals surface area contributed by atoms with Gasteiger partial charge in [-0.05, 0) is 64.4 Å². The van der Waals surface area contributed by atoms with E-state index in [0.29, 0.717) is 11.3 Å². The summed E-state index contributed by atoms with van der Waals surface area (Å²) < 4.78 is 0. The fourth-order valence-corrected chi connectivity index (χ4v) is 4.21. The average molecular weight is 448 g/mol. The zero-order chi connectivity index (χ0) is 24.0. The van der Waals surface area contributed by atoms with E-state index in [9.17, 15) is 5.26 Å². The summed E-state index contributed by atoms with van der Waals surface area (Å²) >= 11 is 0. The van der Waals surface area contributed by atoms with Gasteiger partial charge in [-0.25, -0.2) is 4.85 Å². The third kappa shape index (κ3) is 4.53. The van der Waals surface area contributed by atoms with Crippen LogP contribution in [0.2, 0.25) is 0 Å². The van der Waals surface area contributed by atoms with Gasteiger partial charge in [-0.3, -0.25) is 0 Å². The van der Waals surface area contributed by atoms with Crippen molar-refractivity contribution in [3.05, 3.63) is 143 Å². The van der Waals surface area contributed by atoms with Crippen LogP contribution in [0.25, 0.3) is 27.8 Å². The van der Waals surface area contributed by atoms with Gasteiger partial charge in [0.15, 0.2) is 5.69 Å². The van der Waals surface area contributed by atoms with Gasteiger partial charge in [-0.1, -0.05) is 84.9 Å². The van der Waals surface area contributed by atoms with Crippen LogP contribution in [0.1, 0.15) is 16.7 Å². The fourth-order valence-electron chi connectivity index (χ4n) is 4.21. The number of hydrogen-bond donors (Lipinski definition) is 0. The Morgan fingerprint density at radius 1 is 0.629 bits per heavy atom. The number of para-hydroxylation sites is 2. The van der Waals surface area contributed by atoms with Crippen molar-refractivity contribution in [1.82, 2.24) is 0 Å². The predicted molar refractivity (Wildman–Crippen MR) is 145 cm³/mol. The van der Waals surface area contributed by atoms with Crippen LogP contribution in [0.15, 0.2) is 115 Å². The quantitative estimate of drug-likeness (QED) is 0.199. The molecule has 0 atom stereocenters. The molecule has 0 radical (unpaired) electrons. The van der Waals surface area contributed by atoms with Gasteiger partial charge in [0, 0.05) is 17.1 Å². The van der Waals surface area contributed by atoms with Crippen molar-refractivity contribution in [2.75, 3.05) is 4.90 Å². The molecule has 5 aromatic carbocycles. The maximum absolute atomic E-state index is 9.62. The summed E-state index contributed by atoms with van der Waals surface area (Å²) in [6.07, 6.45) is 4.02. The minimum absolute atomic E-state index is 0.556. The van der Waals surface area contributed by atoms with Crippen LogP contribution in [0.4, 0.5) is 22.7 Å². The zero-order valence-corrected chi connectivity index (χ0v) is 19.0. The van der Waals surface area contributed by atoms with E-state index in [2.05, 4.69) is 64.3 Å². The van der Waals surface area contributed by atoms with Crippen LogP contribution in [-0.4, -0.2) is 0 Å². The second kappa shape index (κ2) is 9.79. The molecular weight excluding hydrogens is 426 g/mol. The monoisotopic (exact) mass is 447 g/mol. The molecule has 164 valence electrons. The summed E-state index contributed by atoms with van der Waals surface area (Å²) in [4.78, 5) is 5.85. The first-order valence-corrected chi connectivity index (χ1v) is 11.3. The Hall–Kier alpha value is -5.12. The van der Waals surface area contributed by atoms with Crippen LogP contribution >= 0.6 is 0 Å². The second-order valence-corrected chi connectivity index (χ2v) is 8.10. The molecule has 5 rings (SSSR count). The minimum atomic E-state index is 0.556. The highest BCUT2D eigenvalue weighted by atomic mass is 15.1. The number of nitrogens with zero attached hydrogens (tertiary/aromatic N) is 3. The Morgan fingerprint density at radius 2 is 1.23 bits per heavy atom. The number of rotatable bonds is 5. The average Bonchev–Trinajstić information content (AvgIpc) is 2.93. The summed E-state index contributed by atoms with van der Waals surface area (Å²) in [6, 6.07) is 40.6. The summed E-state index contributed by atoms with van der Waals surface area (Å²) in [5, 5.41) is 11.2. The first kappa shape index (κ1) is 21.7. The first-order chi connectivity index (χ1) is 17.3. The molecule has 3 nitrogen and oxygen atoms in total. The Balaban J connectivity index is 1.47. The summed E-state index contributed by atoms with van der Waals surface area (Å²) in [7, 11) is 0. The molecule has 0 saturated heterocycles. The highest BCUT2D eigenvalue weighted by Crippen LogP contribution is 2.34. The SMILES string of the molecule is [C-]#[N+]c1cccc2c(C#N)cc(/C=C/c3ccc(N(c4ccccc4)c4ccccc4)cc3)cc12. The van der Waals surface area contributed by atoms with Crippen LogP contribution in [-0.2, 0) is 0 Å². The van der Waals surface area contributed by atoms with E-state index in [4.69, 9.17) is 6.57 Å². The number of anilines is 3. The highest BCUT2D eigenvalue weighted by molar-refractivity contribution is 5.99. The van der Waals surface area contributed by atoms with Crippen molar-refractivity contribution in [2.45, 2.75) is 0 Å². The largest absolute Gasteiger partial charge is 0.311 e. The van der Waals surface area contributed by atoms with E-state index in [-0.39, 0.29) is 0 Å². The van der Waals surface area contributed by atoms with Crippen molar-refractivity contribution >= 4 is 45.7 Å². The molecule has 0 aliphatic rings. The van der Waals surface area contributed by atoms with Crippen molar-refractivity contribution in [2.24, 2.45) is 0 Å². The molecular formula is C32H21N3. The highest BCUT2D eigenvalue weighted by Gasteiger charge is 2.11. The van der Waals surface area contributed by atoms with Crippen LogP contribution in [0, 0.1) is 17.9 Å². The number of fused-ring (bicyclic) bond motifs is 1. The first-order valence-electron chi connectivity index (χ1n) is 11.3. The Labute approximate surface area is 205 Å². The standard InChI is InChI=1S/C32H21N3/c1-34-32-14-8-13-30-26(23-33)21-25(22-31(30)32)16-15-24-17-19-29(20-18-24)35(27-9-4-2-5-10-27)28-11-6-3-7-12-28/h2-22H/b16-15+. The summed E-state index contributed by atoms with van der Waals surface area (Å²) in [5.74, 6) is 0. The number of hydrogen-bond acceptors (Lipinski definition) is 2. The van der Waals surface area contributed by atoms with Crippen LogP contribution < -0.4 is 4.90 Å². The molecule has 0 saturated carbocycles. The molecule has 3 heteroatoms. The summed E-state index contributed by atoms with van der Waals surface area (Å²) in [6.45, 7) is 7.46. The maximum atomic E-state index is 9.62. The molecule has 0 bridgehead atoms. The van der Waals surface area contributed by atoms with Gasteiger partial charge in [0.2, 0.25) is 0 Å². The molecule has 0 amide bonds. The van der Waals surface area contributed by atoms with Crippen molar-refractivity contribution in [1.29, 1.82) is 5.26 Å². The third-order valence-corrected chi connectivity index (χ3v) is 5.88. The number of nitriles is 1. The normalized spacial score (nSPS) is 10.7. The lowest BCUT2D eigenvalue weighted by molar-refractivity contribution is 1.28. The Bertz CT molecular complexity index is 1550. The molecule has 0 fully saturated rings. The lowest BCUT2D eigenvalue weighted by Gasteiger charge is -2.25. The lowest BCUT2D eigenvalue weighted by Crippen LogP contribution is -2.09. The topological polar surface area (TPSA) is 31.4 Å². The van der Waals surface area contributed by atoms with Crippen molar-refractivity contribution < 1.29 is 0 Å². The molecule has 0 spiro atoms. The van der Waals surface area contributed by atoms with Gasteiger partial charge in [-0.15, -0.1) is 0 Å². The molecule has 0 aromatic heterocycles. The predicted octanol–water partition coefficient (Wildman–Crippen LogP) is 8.90. The smallest absolute Gasteiger partial charge is 0.194 e. The Kier molecular flexibility index (Phi) is 6.07. The second-order valence-electron chi connectivity index (χ2n) is 8.10. The van der Waals surface area contributed by atoms with Gasteiger partial charge in [0.1, 0.15) is 0 Å². The van der Waals surface area contributed by atoms with Crippen LogP contribution in [0.3, 0.4) is 0 Å². The van der Waals surface area contributed by atoms with E-state index in [1.54, 1.807) is 6.07 Å². The maximum Gasteiger partial charge on any atom is 0.194 e. The molecule has 35 heavy (non-hydrogen) atoms.